The van der Waals surface area contributed by atoms with E-state index in [1.165, 1.54) is 7.11 Å². The number of hydrogen-bond donors (Lipinski definition) is 1. The second kappa shape index (κ2) is 9.30. The number of carbonyl (C=O) groups is 3. The predicted octanol–water partition coefficient (Wildman–Crippen LogP) is 4.66. The topological polar surface area (TPSA) is 122 Å². The highest BCUT2D eigenvalue weighted by Gasteiger charge is 2.79. The van der Waals surface area contributed by atoms with E-state index >= 15 is 0 Å². The normalized spacial score (nSPS) is 44.7. The van der Waals surface area contributed by atoms with E-state index in [-0.39, 0.29) is 37.3 Å². The summed E-state index contributed by atoms with van der Waals surface area (Å²) in [7, 11) is 1.36. The van der Waals surface area contributed by atoms with Crippen LogP contribution in [0.4, 0.5) is 0 Å². The minimum atomic E-state index is -1.68. The molecule has 0 amide bonds. The summed E-state index contributed by atoms with van der Waals surface area (Å²) in [6, 6.07) is 1.84. The molecule has 10 atom stereocenters. The number of rotatable bonds is 5. The lowest BCUT2D eigenvalue weighted by atomic mass is 9.37. The van der Waals surface area contributed by atoms with Gasteiger partial charge in [-0.05, 0) is 50.5 Å². The predicted molar refractivity (Wildman–Crippen MR) is 145 cm³/mol. The molecule has 4 bridgehead atoms. The first kappa shape index (κ1) is 28.2. The van der Waals surface area contributed by atoms with Crippen LogP contribution in [0, 0.1) is 39.9 Å². The fourth-order valence-electron chi connectivity index (χ4n) is 9.25. The Balaban J connectivity index is 1.52. The van der Waals surface area contributed by atoms with E-state index in [0.717, 1.165) is 17.6 Å². The lowest BCUT2D eigenvalue weighted by Gasteiger charge is -2.73. The van der Waals surface area contributed by atoms with Crippen LogP contribution in [0.3, 0.4) is 0 Å². The third-order valence-electron chi connectivity index (χ3n) is 11.6. The van der Waals surface area contributed by atoms with E-state index < -0.39 is 58.0 Å². The van der Waals surface area contributed by atoms with Crippen molar-refractivity contribution >= 4 is 17.9 Å². The molecule has 4 heterocycles. The maximum atomic E-state index is 13.2. The SMILES string of the molecule is C/C=C(\C)C(=O)O[C@@H]1[C@@H]2C=C3[C@@H]4CC(=O)O[C@@H](c5ccoc5)[C@]4(C)CC[C@@H]3[C@]3(C)[C@@H](CC(=O)OC)[C@]1(C)CO[C@]23O. The summed E-state index contributed by atoms with van der Waals surface area (Å²) in [5.74, 6) is -4.28. The van der Waals surface area contributed by atoms with Crippen molar-refractivity contribution in [1.29, 1.82) is 0 Å². The van der Waals surface area contributed by atoms with Gasteiger partial charge in [-0.2, -0.15) is 0 Å². The summed E-state index contributed by atoms with van der Waals surface area (Å²) in [6.45, 7) is 9.76. The van der Waals surface area contributed by atoms with Crippen LogP contribution in [-0.4, -0.2) is 48.6 Å². The third kappa shape index (κ3) is 3.63. The van der Waals surface area contributed by atoms with Crippen LogP contribution >= 0.6 is 0 Å². The molecule has 9 heteroatoms. The first-order chi connectivity index (χ1) is 19.3. The number of carbonyl (C=O) groups excluding carboxylic acids is 3. The molecule has 1 aromatic rings. The number of hydrogen-bond acceptors (Lipinski definition) is 9. The van der Waals surface area contributed by atoms with Gasteiger partial charge in [0.15, 0.2) is 5.79 Å². The summed E-state index contributed by atoms with van der Waals surface area (Å²) in [4.78, 5) is 39.2. The Labute approximate surface area is 240 Å². The highest BCUT2D eigenvalue weighted by atomic mass is 16.6. The average molecular weight is 569 g/mol. The van der Waals surface area contributed by atoms with E-state index in [9.17, 15) is 19.5 Å². The molecule has 5 fully saturated rings. The highest BCUT2D eigenvalue weighted by Crippen LogP contribution is 2.74. The molecular weight excluding hydrogens is 528 g/mol. The standard InChI is InChI=1S/C32H40O9/c1-7-17(2)28(35)41-27-22-12-19-20(31(5)23(14-24(33)37-6)30(27,4)16-39-32(22,31)36)8-10-29(3)21(19)13-25(34)40-26(29)18-9-11-38-15-18/h7,9,11-12,15,20-23,26-27,36H,8,10,13-14,16H2,1-6H3/b17-7+/t20-,21-,22-,23-,26-,27+,29+,30-,31+,32+/m0/s1. The Morgan fingerprint density at radius 3 is 2.61 bits per heavy atom. The molecule has 3 saturated heterocycles. The number of methoxy groups -OCH3 is 1. The monoisotopic (exact) mass is 568 g/mol. The molecule has 6 aliphatic rings. The van der Waals surface area contributed by atoms with Crippen molar-refractivity contribution in [2.45, 2.75) is 78.3 Å². The number of aliphatic hydroxyl groups is 1. The van der Waals surface area contributed by atoms with Crippen LogP contribution in [-0.2, 0) is 33.3 Å². The summed E-state index contributed by atoms with van der Waals surface area (Å²) in [5, 5.41) is 12.5. The lowest BCUT2D eigenvalue weighted by Crippen LogP contribution is -2.80. The molecule has 3 aliphatic heterocycles. The van der Waals surface area contributed by atoms with Crippen LogP contribution < -0.4 is 0 Å². The van der Waals surface area contributed by atoms with Crippen LogP contribution in [0.15, 0.2) is 46.3 Å². The Kier molecular flexibility index (Phi) is 6.40. The second-order valence-corrected chi connectivity index (χ2v) is 13.4. The molecule has 41 heavy (non-hydrogen) atoms. The number of allylic oxidation sites excluding steroid dienone is 2. The maximum Gasteiger partial charge on any atom is 0.333 e. The summed E-state index contributed by atoms with van der Waals surface area (Å²) < 4.78 is 29.0. The van der Waals surface area contributed by atoms with Gasteiger partial charge in [-0.15, -0.1) is 0 Å². The number of esters is 3. The highest BCUT2D eigenvalue weighted by molar-refractivity contribution is 5.87. The van der Waals surface area contributed by atoms with E-state index in [1.54, 1.807) is 32.4 Å². The Morgan fingerprint density at radius 1 is 1.20 bits per heavy atom. The minimum Gasteiger partial charge on any atom is -0.472 e. The van der Waals surface area contributed by atoms with Crippen LogP contribution in [0.1, 0.15) is 72.0 Å². The van der Waals surface area contributed by atoms with Gasteiger partial charge in [-0.1, -0.05) is 38.5 Å². The molecule has 7 rings (SSSR count). The van der Waals surface area contributed by atoms with Crippen molar-refractivity contribution in [3.8, 4) is 0 Å². The van der Waals surface area contributed by atoms with Crippen molar-refractivity contribution in [1.82, 2.24) is 0 Å². The molecule has 222 valence electrons. The molecule has 1 N–H and O–H groups in total. The second-order valence-electron chi connectivity index (χ2n) is 13.4. The van der Waals surface area contributed by atoms with Crippen molar-refractivity contribution in [2.75, 3.05) is 13.7 Å². The molecule has 0 spiro atoms. The third-order valence-corrected chi connectivity index (χ3v) is 11.6. The van der Waals surface area contributed by atoms with Gasteiger partial charge in [-0.3, -0.25) is 9.59 Å². The summed E-state index contributed by atoms with van der Waals surface area (Å²) in [5.41, 5.74) is 0.231. The van der Waals surface area contributed by atoms with Gasteiger partial charge < -0.3 is 28.5 Å². The molecule has 9 nitrogen and oxygen atoms in total. The van der Waals surface area contributed by atoms with Gasteiger partial charge in [0.2, 0.25) is 0 Å². The van der Waals surface area contributed by atoms with Crippen molar-refractivity contribution in [2.24, 2.45) is 39.9 Å². The molecule has 2 saturated carbocycles. The van der Waals surface area contributed by atoms with Crippen LogP contribution in [0.5, 0.6) is 0 Å². The van der Waals surface area contributed by atoms with Crippen LogP contribution in [0.25, 0.3) is 0 Å². The van der Waals surface area contributed by atoms with Crippen LogP contribution in [0.2, 0.25) is 0 Å². The molecule has 0 unspecified atom stereocenters. The number of furan rings is 1. The quantitative estimate of drug-likeness (QED) is 0.234. The van der Waals surface area contributed by atoms with E-state index in [0.29, 0.717) is 12.0 Å². The van der Waals surface area contributed by atoms with Crippen molar-refractivity contribution in [3.63, 3.8) is 0 Å². The number of fused-ring (bicyclic) bond motifs is 4. The van der Waals surface area contributed by atoms with E-state index in [1.807, 2.05) is 26.0 Å². The van der Waals surface area contributed by atoms with Gasteiger partial charge in [0.05, 0.1) is 38.6 Å². The van der Waals surface area contributed by atoms with E-state index in [4.69, 9.17) is 23.4 Å². The molecule has 1 aromatic heterocycles. The zero-order valence-corrected chi connectivity index (χ0v) is 24.6. The van der Waals surface area contributed by atoms with Gasteiger partial charge in [0, 0.05) is 33.8 Å². The first-order valence-corrected chi connectivity index (χ1v) is 14.5. The Morgan fingerprint density at radius 2 is 1.95 bits per heavy atom. The fourth-order valence-corrected chi connectivity index (χ4v) is 9.25. The average Bonchev–Trinajstić information content (AvgIpc) is 3.48. The summed E-state index contributed by atoms with van der Waals surface area (Å²) in [6.07, 6.45) is 7.40. The van der Waals surface area contributed by atoms with Gasteiger partial charge in [0.25, 0.3) is 0 Å². The zero-order chi connectivity index (χ0) is 29.5. The smallest absolute Gasteiger partial charge is 0.333 e. The zero-order valence-electron chi connectivity index (χ0n) is 24.6. The van der Waals surface area contributed by atoms with E-state index in [2.05, 4.69) is 6.92 Å². The van der Waals surface area contributed by atoms with Crippen molar-refractivity contribution in [3.05, 3.63) is 47.5 Å². The largest absolute Gasteiger partial charge is 0.472 e. The first-order valence-electron chi connectivity index (χ1n) is 14.5. The van der Waals surface area contributed by atoms with Crippen molar-refractivity contribution < 1.29 is 42.9 Å². The Hall–Kier alpha value is -2.91. The van der Waals surface area contributed by atoms with Gasteiger partial charge >= 0.3 is 17.9 Å². The van der Waals surface area contributed by atoms with Gasteiger partial charge in [-0.25, -0.2) is 4.79 Å². The van der Waals surface area contributed by atoms with Gasteiger partial charge in [0.1, 0.15) is 12.2 Å². The lowest BCUT2D eigenvalue weighted by molar-refractivity contribution is -0.427. The number of cyclic esters (lactones) is 1. The fraction of sp³-hybridized carbons (Fsp3) is 0.656. The molecule has 0 aromatic carbocycles. The molecule has 0 radical (unpaired) electrons. The summed E-state index contributed by atoms with van der Waals surface area (Å²) >= 11 is 0. The maximum absolute atomic E-state index is 13.2. The Bertz CT molecular complexity index is 1330. The number of ether oxygens (including phenoxy) is 4. The molecule has 3 aliphatic carbocycles. The molecular formula is C32H40O9. The minimum absolute atomic E-state index is 0.0456.